The lowest BCUT2D eigenvalue weighted by Crippen LogP contribution is -2.48. The van der Waals surface area contributed by atoms with Gasteiger partial charge in [0.05, 0.1) is 11.9 Å². The molecule has 4 amide bonds. The molecule has 0 saturated carbocycles. The molecule has 134 valence electrons. The van der Waals surface area contributed by atoms with E-state index in [-0.39, 0.29) is 17.8 Å². The molecule has 1 aromatic heterocycles. The van der Waals surface area contributed by atoms with Gasteiger partial charge in [0.1, 0.15) is 11.6 Å². The number of nitrogens with zero attached hydrogens (tertiary/aromatic N) is 5. The number of aryl methyl sites for hydroxylation is 1. The Morgan fingerprint density at radius 3 is 2.76 bits per heavy atom. The highest BCUT2D eigenvalue weighted by Crippen LogP contribution is 2.43. The van der Waals surface area contributed by atoms with Crippen molar-refractivity contribution >= 4 is 23.5 Å². The maximum atomic E-state index is 13.2. The molecule has 3 aliphatic rings. The highest BCUT2D eigenvalue weighted by atomic mass is 16.2. The summed E-state index contributed by atoms with van der Waals surface area (Å²) in [7, 11) is 1.79. The third-order valence-electron chi connectivity index (χ3n) is 5.70. The van der Waals surface area contributed by atoms with Gasteiger partial charge in [0, 0.05) is 26.3 Å². The standard InChI is InChI=1S/C17H23N5O3/c1-3-6-17-7-4-8-21(17)16(25)22(15(17)24)13-5-9-20(14(13)23)12-10-18-19(2)11-12/h10-11,13H,3-9H2,1-2H3/t13-,17+/m1/s1. The van der Waals surface area contributed by atoms with Crippen LogP contribution in [-0.4, -0.2) is 62.1 Å². The Balaban J connectivity index is 1.61. The summed E-state index contributed by atoms with van der Waals surface area (Å²) in [6.07, 6.45) is 6.93. The van der Waals surface area contributed by atoms with Gasteiger partial charge < -0.3 is 9.80 Å². The van der Waals surface area contributed by atoms with Gasteiger partial charge in [-0.05, 0) is 25.7 Å². The van der Waals surface area contributed by atoms with E-state index >= 15 is 0 Å². The first-order chi connectivity index (χ1) is 12.0. The number of hydrogen-bond donors (Lipinski definition) is 0. The second-order valence-corrected chi connectivity index (χ2v) is 7.16. The zero-order valence-electron chi connectivity index (χ0n) is 14.6. The predicted octanol–water partition coefficient (Wildman–Crippen LogP) is 1.12. The van der Waals surface area contributed by atoms with Crippen LogP contribution >= 0.6 is 0 Å². The van der Waals surface area contributed by atoms with Gasteiger partial charge in [0.15, 0.2) is 0 Å². The zero-order valence-corrected chi connectivity index (χ0v) is 14.6. The van der Waals surface area contributed by atoms with Crippen molar-refractivity contribution in [1.29, 1.82) is 0 Å². The van der Waals surface area contributed by atoms with Crippen molar-refractivity contribution in [2.45, 2.75) is 50.6 Å². The van der Waals surface area contributed by atoms with Crippen LogP contribution < -0.4 is 4.90 Å². The molecule has 3 fully saturated rings. The molecular formula is C17H23N5O3. The lowest BCUT2D eigenvalue weighted by Gasteiger charge is -2.27. The third kappa shape index (κ3) is 2.12. The fraction of sp³-hybridized carbons (Fsp3) is 0.647. The number of anilines is 1. The van der Waals surface area contributed by atoms with Gasteiger partial charge in [0.25, 0.3) is 11.8 Å². The maximum Gasteiger partial charge on any atom is 0.328 e. The summed E-state index contributed by atoms with van der Waals surface area (Å²) >= 11 is 0. The zero-order chi connectivity index (χ0) is 17.8. The second-order valence-electron chi connectivity index (χ2n) is 7.16. The molecule has 4 rings (SSSR count). The van der Waals surface area contributed by atoms with Crippen molar-refractivity contribution < 1.29 is 14.4 Å². The Bertz CT molecular complexity index is 744. The average molecular weight is 345 g/mol. The summed E-state index contributed by atoms with van der Waals surface area (Å²) in [6.45, 7) is 3.12. The summed E-state index contributed by atoms with van der Waals surface area (Å²) in [5.74, 6) is -0.370. The van der Waals surface area contributed by atoms with Crippen molar-refractivity contribution in [3.05, 3.63) is 12.4 Å². The van der Waals surface area contributed by atoms with Crippen LogP contribution in [0, 0.1) is 0 Å². The molecule has 0 radical (unpaired) electrons. The molecule has 8 heteroatoms. The van der Waals surface area contributed by atoms with Crippen LogP contribution in [0.2, 0.25) is 0 Å². The predicted molar refractivity (Wildman–Crippen MR) is 89.8 cm³/mol. The summed E-state index contributed by atoms with van der Waals surface area (Å²) in [5.41, 5.74) is -0.00809. The van der Waals surface area contributed by atoms with Crippen LogP contribution in [0.15, 0.2) is 12.4 Å². The Morgan fingerprint density at radius 1 is 1.28 bits per heavy atom. The van der Waals surface area contributed by atoms with Crippen molar-refractivity contribution in [1.82, 2.24) is 19.6 Å². The SMILES string of the molecule is CCC[C@@]12CCCN1C(=O)N([C@@H]1CCN(c3cnn(C)c3)C1=O)C2=O. The Morgan fingerprint density at radius 2 is 2.08 bits per heavy atom. The normalized spacial score (nSPS) is 29.3. The number of rotatable bonds is 4. The largest absolute Gasteiger partial charge is 0.328 e. The first kappa shape index (κ1) is 16.1. The van der Waals surface area contributed by atoms with Crippen LogP contribution in [0.5, 0.6) is 0 Å². The number of carbonyl (C=O) groups is 3. The lowest BCUT2D eigenvalue weighted by atomic mass is 9.90. The highest BCUT2D eigenvalue weighted by molar-refractivity contribution is 6.12. The van der Waals surface area contributed by atoms with Crippen LogP contribution in [0.25, 0.3) is 0 Å². The van der Waals surface area contributed by atoms with E-state index in [0.29, 0.717) is 38.0 Å². The van der Waals surface area contributed by atoms with Gasteiger partial charge in [-0.25, -0.2) is 9.69 Å². The number of hydrogen-bond acceptors (Lipinski definition) is 4. The van der Waals surface area contributed by atoms with E-state index in [9.17, 15) is 14.4 Å². The number of imide groups is 1. The summed E-state index contributed by atoms with van der Waals surface area (Å²) in [6, 6.07) is -0.984. The van der Waals surface area contributed by atoms with Crippen LogP contribution in [0.1, 0.15) is 39.0 Å². The van der Waals surface area contributed by atoms with Crippen LogP contribution in [0.3, 0.4) is 0 Å². The minimum absolute atomic E-state index is 0.178. The molecule has 3 aliphatic heterocycles. The molecule has 0 aliphatic carbocycles. The molecule has 0 bridgehead atoms. The number of fused-ring (bicyclic) bond motifs is 1. The van der Waals surface area contributed by atoms with Gasteiger partial charge >= 0.3 is 6.03 Å². The number of urea groups is 1. The molecule has 8 nitrogen and oxygen atoms in total. The van der Waals surface area contributed by atoms with Gasteiger partial charge in [-0.1, -0.05) is 13.3 Å². The molecule has 1 aromatic rings. The van der Waals surface area contributed by atoms with E-state index in [4.69, 9.17) is 0 Å². The highest BCUT2D eigenvalue weighted by Gasteiger charge is 2.61. The molecule has 25 heavy (non-hydrogen) atoms. The van der Waals surface area contributed by atoms with Gasteiger partial charge in [-0.3, -0.25) is 14.3 Å². The molecule has 0 spiro atoms. The summed E-state index contributed by atoms with van der Waals surface area (Å²) in [5, 5.41) is 4.10. The van der Waals surface area contributed by atoms with Gasteiger partial charge in [-0.2, -0.15) is 5.10 Å². The third-order valence-corrected chi connectivity index (χ3v) is 5.70. The topological polar surface area (TPSA) is 78.8 Å². The minimum Gasteiger partial charge on any atom is -0.310 e. The van der Waals surface area contributed by atoms with Crippen molar-refractivity contribution in [3.63, 3.8) is 0 Å². The Kier molecular flexibility index (Phi) is 3.59. The van der Waals surface area contributed by atoms with Gasteiger partial charge in [-0.15, -0.1) is 0 Å². The number of aromatic nitrogens is 2. The van der Waals surface area contributed by atoms with Gasteiger partial charge in [0.2, 0.25) is 0 Å². The van der Waals surface area contributed by atoms with E-state index in [2.05, 4.69) is 5.10 Å². The molecule has 0 aromatic carbocycles. The van der Waals surface area contributed by atoms with Crippen LogP contribution in [-0.2, 0) is 16.6 Å². The summed E-state index contributed by atoms with van der Waals surface area (Å²) in [4.78, 5) is 43.5. The second kappa shape index (κ2) is 5.57. The van der Waals surface area contributed by atoms with E-state index in [1.165, 1.54) is 4.90 Å². The molecule has 4 heterocycles. The van der Waals surface area contributed by atoms with Crippen molar-refractivity contribution in [2.24, 2.45) is 7.05 Å². The van der Waals surface area contributed by atoms with E-state index < -0.39 is 11.6 Å². The monoisotopic (exact) mass is 345 g/mol. The number of amides is 4. The molecular weight excluding hydrogens is 322 g/mol. The fourth-order valence-corrected chi connectivity index (χ4v) is 4.58. The summed E-state index contributed by atoms with van der Waals surface area (Å²) < 4.78 is 1.63. The average Bonchev–Trinajstić information content (AvgIpc) is 3.30. The molecule has 3 saturated heterocycles. The fourth-order valence-electron chi connectivity index (χ4n) is 4.58. The quantitative estimate of drug-likeness (QED) is 0.766. The molecule has 0 unspecified atom stereocenters. The van der Waals surface area contributed by atoms with E-state index in [1.807, 2.05) is 6.92 Å². The smallest absolute Gasteiger partial charge is 0.310 e. The van der Waals surface area contributed by atoms with Crippen molar-refractivity contribution in [2.75, 3.05) is 18.0 Å². The first-order valence-electron chi connectivity index (χ1n) is 8.95. The van der Waals surface area contributed by atoms with Crippen LogP contribution in [0.4, 0.5) is 10.5 Å². The molecule has 2 atom stereocenters. The van der Waals surface area contributed by atoms with Crippen molar-refractivity contribution in [3.8, 4) is 0 Å². The Labute approximate surface area is 146 Å². The Hall–Kier alpha value is -2.38. The minimum atomic E-state index is -0.714. The van der Waals surface area contributed by atoms with E-state index in [0.717, 1.165) is 12.8 Å². The molecule has 0 N–H and O–H groups in total. The maximum absolute atomic E-state index is 13.2. The first-order valence-corrected chi connectivity index (χ1v) is 8.95. The van der Waals surface area contributed by atoms with E-state index in [1.54, 1.807) is 33.9 Å². The number of carbonyl (C=O) groups excluding carboxylic acids is 3. The lowest BCUT2D eigenvalue weighted by molar-refractivity contribution is -0.137.